The van der Waals surface area contributed by atoms with E-state index in [9.17, 15) is 4.79 Å². The van der Waals surface area contributed by atoms with E-state index in [1.807, 2.05) is 18.2 Å². The van der Waals surface area contributed by atoms with E-state index >= 15 is 0 Å². The van der Waals surface area contributed by atoms with E-state index < -0.39 is 0 Å². The van der Waals surface area contributed by atoms with Crippen molar-refractivity contribution < 1.29 is 4.79 Å². The van der Waals surface area contributed by atoms with Crippen molar-refractivity contribution in [1.82, 2.24) is 5.32 Å². The van der Waals surface area contributed by atoms with E-state index in [0.717, 1.165) is 36.3 Å². The molecule has 0 radical (unpaired) electrons. The highest BCUT2D eigenvalue weighted by Crippen LogP contribution is 2.33. The van der Waals surface area contributed by atoms with Crippen LogP contribution in [-0.2, 0) is 6.42 Å². The highest BCUT2D eigenvalue weighted by Gasteiger charge is 2.16. The predicted octanol–water partition coefficient (Wildman–Crippen LogP) is 7.77. The summed E-state index contributed by atoms with van der Waals surface area (Å²) in [5.74, 6) is 0.0338. The number of carbonyl (C=O) groups is 1. The van der Waals surface area contributed by atoms with Gasteiger partial charge in [-0.15, -0.1) is 0 Å². The maximum Gasteiger partial charge on any atom is 0.251 e. The number of unbranched alkanes of at least 4 members (excludes halogenated alkanes) is 11. The number of fused-ring (bicyclic) bond motifs is 2. The van der Waals surface area contributed by atoms with E-state index in [4.69, 9.17) is 0 Å². The summed E-state index contributed by atoms with van der Waals surface area (Å²) >= 11 is 0. The van der Waals surface area contributed by atoms with Crippen molar-refractivity contribution in [2.75, 3.05) is 11.9 Å². The first-order chi connectivity index (χ1) is 15.3. The van der Waals surface area contributed by atoms with Crippen LogP contribution >= 0.6 is 0 Å². The van der Waals surface area contributed by atoms with Crippen LogP contribution in [0.2, 0.25) is 0 Å². The Morgan fingerprint density at radius 2 is 1.39 bits per heavy atom. The van der Waals surface area contributed by atoms with Crippen LogP contribution in [0.25, 0.3) is 0 Å². The van der Waals surface area contributed by atoms with Crippen molar-refractivity contribution >= 4 is 17.3 Å². The highest BCUT2D eigenvalue weighted by molar-refractivity contribution is 5.95. The number of nitrogens with one attached hydrogen (secondary N) is 2. The average molecular weight is 421 g/mol. The lowest BCUT2D eigenvalue weighted by Gasteiger charge is -2.22. The zero-order valence-electron chi connectivity index (χ0n) is 19.3. The summed E-state index contributed by atoms with van der Waals surface area (Å²) in [5.41, 5.74) is 5.49. The Kier molecular flexibility index (Phi) is 9.95. The smallest absolute Gasteiger partial charge is 0.251 e. The molecule has 1 amide bonds. The molecule has 2 N–H and O–H groups in total. The lowest BCUT2D eigenvalue weighted by Crippen LogP contribution is -2.24. The number of benzene rings is 2. The monoisotopic (exact) mass is 420 g/mol. The van der Waals surface area contributed by atoms with Gasteiger partial charge >= 0.3 is 0 Å². The fraction of sp³-hybridized carbons (Fsp3) is 0.536. The van der Waals surface area contributed by atoms with Gasteiger partial charge in [0.15, 0.2) is 0 Å². The minimum absolute atomic E-state index is 0.0338. The lowest BCUT2D eigenvalue weighted by molar-refractivity contribution is 0.0953. The fourth-order valence-corrected chi connectivity index (χ4v) is 4.40. The molecule has 2 aromatic carbocycles. The second-order valence-electron chi connectivity index (χ2n) is 8.98. The topological polar surface area (TPSA) is 41.1 Å². The molecule has 0 spiro atoms. The maximum atomic E-state index is 12.5. The van der Waals surface area contributed by atoms with Crippen LogP contribution in [0.4, 0.5) is 11.4 Å². The van der Waals surface area contributed by atoms with Gasteiger partial charge in [0.1, 0.15) is 0 Å². The number of amides is 1. The van der Waals surface area contributed by atoms with Crippen molar-refractivity contribution in [2.45, 2.75) is 90.4 Å². The maximum absolute atomic E-state index is 12.5. The van der Waals surface area contributed by atoms with Gasteiger partial charge in [-0.1, -0.05) is 102 Å². The molecule has 0 bridgehead atoms. The summed E-state index contributed by atoms with van der Waals surface area (Å²) in [6.07, 6.45) is 16.9. The lowest BCUT2D eigenvalue weighted by atomic mass is 9.96. The van der Waals surface area contributed by atoms with Gasteiger partial charge in [-0.05, 0) is 35.7 Å². The van der Waals surface area contributed by atoms with Crippen LogP contribution < -0.4 is 10.6 Å². The summed E-state index contributed by atoms with van der Waals surface area (Å²) in [6, 6.07) is 14.4. The van der Waals surface area contributed by atoms with Crippen LogP contribution in [-0.4, -0.2) is 12.5 Å². The first-order valence-electron chi connectivity index (χ1n) is 12.5. The van der Waals surface area contributed by atoms with E-state index in [1.165, 1.54) is 81.8 Å². The summed E-state index contributed by atoms with van der Waals surface area (Å²) in [4.78, 5) is 12.5. The Morgan fingerprint density at radius 3 is 2.10 bits per heavy atom. The summed E-state index contributed by atoms with van der Waals surface area (Å²) in [5, 5.41) is 6.57. The molecule has 3 nitrogen and oxygen atoms in total. The summed E-state index contributed by atoms with van der Waals surface area (Å²) < 4.78 is 0. The van der Waals surface area contributed by atoms with Crippen molar-refractivity contribution in [3.63, 3.8) is 0 Å². The molecule has 0 aromatic heterocycles. The third-order valence-corrected chi connectivity index (χ3v) is 6.36. The SMILES string of the molecule is CCCCCCCCCCCCCCNC(=O)c1ccc2c(c1)Nc1ccccc1C2. The molecule has 168 valence electrons. The standard InChI is InChI=1S/C28H40N2O/c1-2-3-4-5-6-7-8-9-10-11-12-15-20-29-28(31)25-19-18-24-21-23-16-13-14-17-26(23)30-27(24)22-25/h13-14,16-19,22,30H,2-12,15,20-21H2,1H3,(H,29,31). The van der Waals surface area contributed by atoms with Gasteiger partial charge in [-0.3, -0.25) is 4.79 Å². The third kappa shape index (κ3) is 7.72. The molecule has 1 heterocycles. The van der Waals surface area contributed by atoms with E-state index in [1.54, 1.807) is 0 Å². The van der Waals surface area contributed by atoms with E-state index in [2.05, 4.69) is 41.8 Å². The molecule has 0 atom stereocenters. The van der Waals surface area contributed by atoms with Crippen molar-refractivity contribution in [3.05, 3.63) is 59.2 Å². The molecule has 0 saturated heterocycles. The molecule has 31 heavy (non-hydrogen) atoms. The first-order valence-corrected chi connectivity index (χ1v) is 12.5. The molecule has 2 aromatic rings. The van der Waals surface area contributed by atoms with Crippen LogP contribution in [0.5, 0.6) is 0 Å². The van der Waals surface area contributed by atoms with E-state index in [-0.39, 0.29) is 5.91 Å². The van der Waals surface area contributed by atoms with Crippen LogP contribution in [0.15, 0.2) is 42.5 Å². The average Bonchev–Trinajstić information content (AvgIpc) is 2.80. The number of carbonyl (C=O) groups excluding carboxylic acids is 1. The van der Waals surface area contributed by atoms with Crippen LogP contribution in [0.1, 0.15) is 105 Å². The Hall–Kier alpha value is -2.29. The van der Waals surface area contributed by atoms with Gasteiger partial charge in [0.2, 0.25) is 0 Å². The van der Waals surface area contributed by atoms with Crippen LogP contribution in [0, 0.1) is 0 Å². The van der Waals surface area contributed by atoms with Crippen molar-refractivity contribution in [3.8, 4) is 0 Å². The Morgan fingerprint density at radius 1 is 0.774 bits per heavy atom. The predicted molar refractivity (Wildman–Crippen MR) is 132 cm³/mol. The van der Waals surface area contributed by atoms with E-state index in [0.29, 0.717) is 0 Å². The normalized spacial score (nSPS) is 12.0. The minimum Gasteiger partial charge on any atom is -0.355 e. The summed E-state index contributed by atoms with van der Waals surface area (Å²) in [6.45, 7) is 3.04. The molecule has 0 unspecified atom stereocenters. The Balaban J connectivity index is 1.26. The van der Waals surface area contributed by atoms with Gasteiger partial charge < -0.3 is 10.6 Å². The Labute approximate surface area is 189 Å². The number of hydrogen-bond donors (Lipinski definition) is 2. The van der Waals surface area contributed by atoms with Gasteiger partial charge in [0.25, 0.3) is 5.91 Å². The molecule has 1 aliphatic rings. The first kappa shape index (κ1) is 23.4. The summed E-state index contributed by atoms with van der Waals surface area (Å²) in [7, 11) is 0. The number of para-hydroxylation sites is 1. The minimum atomic E-state index is 0.0338. The molecule has 3 heteroatoms. The number of anilines is 2. The molecule has 1 aliphatic heterocycles. The zero-order chi connectivity index (χ0) is 21.7. The van der Waals surface area contributed by atoms with Crippen molar-refractivity contribution in [2.24, 2.45) is 0 Å². The van der Waals surface area contributed by atoms with Crippen molar-refractivity contribution in [1.29, 1.82) is 0 Å². The molecule has 0 fully saturated rings. The highest BCUT2D eigenvalue weighted by atomic mass is 16.1. The number of hydrogen-bond acceptors (Lipinski definition) is 2. The third-order valence-electron chi connectivity index (χ3n) is 6.36. The second kappa shape index (κ2) is 13.2. The molecular formula is C28H40N2O. The van der Waals surface area contributed by atoms with Gasteiger partial charge in [0.05, 0.1) is 0 Å². The fourth-order valence-electron chi connectivity index (χ4n) is 4.40. The Bertz CT molecular complexity index is 814. The van der Waals surface area contributed by atoms with Gasteiger partial charge in [0, 0.05) is 29.9 Å². The number of rotatable bonds is 14. The molecular weight excluding hydrogens is 380 g/mol. The molecule has 0 aliphatic carbocycles. The van der Waals surface area contributed by atoms with Gasteiger partial charge in [-0.25, -0.2) is 0 Å². The largest absolute Gasteiger partial charge is 0.355 e. The molecule has 3 rings (SSSR count). The zero-order valence-corrected chi connectivity index (χ0v) is 19.3. The van der Waals surface area contributed by atoms with Gasteiger partial charge in [-0.2, -0.15) is 0 Å². The second-order valence-corrected chi connectivity index (χ2v) is 8.98. The quantitative estimate of drug-likeness (QED) is 0.262. The molecule has 0 saturated carbocycles. The van der Waals surface area contributed by atoms with Crippen LogP contribution in [0.3, 0.4) is 0 Å².